The number of morpholine rings is 1. The van der Waals surface area contributed by atoms with Gasteiger partial charge in [0.25, 0.3) is 0 Å². The zero-order chi connectivity index (χ0) is 27.2. The number of nitrogens with one attached hydrogen (secondary N) is 1. The van der Waals surface area contributed by atoms with Gasteiger partial charge in [-0.3, -0.25) is 4.79 Å². The van der Waals surface area contributed by atoms with E-state index in [2.05, 4.69) is 5.32 Å². The smallest absolute Gasteiger partial charge is 0.243 e. The molecular formula is C25H32ClN3O7S2. The molecule has 208 valence electrons. The topological polar surface area (TPSA) is 122 Å². The number of carbonyl (C=O) groups excluding carboxylic acids is 1. The van der Waals surface area contributed by atoms with Gasteiger partial charge in [-0.15, -0.1) is 0 Å². The predicted octanol–water partition coefficient (Wildman–Crippen LogP) is 2.10. The molecule has 0 radical (unpaired) electrons. The van der Waals surface area contributed by atoms with Crippen LogP contribution in [0.4, 0.5) is 0 Å². The zero-order valence-electron chi connectivity index (χ0n) is 20.9. The van der Waals surface area contributed by atoms with Crippen molar-refractivity contribution in [2.75, 3.05) is 52.5 Å². The van der Waals surface area contributed by atoms with Crippen LogP contribution in [0.25, 0.3) is 0 Å². The van der Waals surface area contributed by atoms with Crippen molar-refractivity contribution in [3.05, 3.63) is 59.1 Å². The van der Waals surface area contributed by atoms with Crippen molar-refractivity contribution < 1.29 is 31.1 Å². The van der Waals surface area contributed by atoms with Crippen molar-refractivity contribution in [3.63, 3.8) is 0 Å². The van der Waals surface area contributed by atoms with E-state index in [0.717, 1.165) is 0 Å². The summed E-state index contributed by atoms with van der Waals surface area (Å²) in [5.41, 5.74) is 0.630. The fraction of sp³-hybridized carbons (Fsp3) is 0.480. The summed E-state index contributed by atoms with van der Waals surface area (Å²) >= 11 is 5.96. The number of hydrogen-bond acceptors (Lipinski definition) is 7. The molecule has 13 heteroatoms. The number of carbonyl (C=O) groups is 1. The van der Waals surface area contributed by atoms with Crippen LogP contribution in [-0.2, 0) is 35.3 Å². The van der Waals surface area contributed by atoms with E-state index in [4.69, 9.17) is 21.1 Å². The van der Waals surface area contributed by atoms with Crippen LogP contribution in [0.15, 0.2) is 53.4 Å². The summed E-state index contributed by atoms with van der Waals surface area (Å²) in [5.74, 6) is -0.0230. The number of piperidine rings is 1. The Kier molecular flexibility index (Phi) is 9.66. The van der Waals surface area contributed by atoms with Crippen LogP contribution in [0.2, 0.25) is 5.02 Å². The molecule has 2 aromatic rings. The zero-order valence-corrected chi connectivity index (χ0v) is 23.3. The third-order valence-electron chi connectivity index (χ3n) is 6.56. The molecule has 0 bridgehead atoms. The Morgan fingerprint density at radius 3 is 2.32 bits per heavy atom. The third kappa shape index (κ3) is 7.45. The van der Waals surface area contributed by atoms with E-state index in [0.29, 0.717) is 55.5 Å². The van der Waals surface area contributed by atoms with Crippen LogP contribution < -0.4 is 10.1 Å². The van der Waals surface area contributed by atoms with Crippen LogP contribution >= 0.6 is 11.6 Å². The number of ether oxygens (including phenoxy) is 2. The molecule has 2 saturated heterocycles. The van der Waals surface area contributed by atoms with Crippen LogP contribution in [0.1, 0.15) is 18.4 Å². The lowest BCUT2D eigenvalue weighted by Crippen LogP contribution is -2.43. The Labute approximate surface area is 229 Å². The van der Waals surface area contributed by atoms with E-state index in [-0.39, 0.29) is 48.7 Å². The second-order valence-electron chi connectivity index (χ2n) is 9.19. The highest BCUT2D eigenvalue weighted by molar-refractivity contribution is 7.89. The van der Waals surface area contributed by atoms with Gasteiger partial charge < -0.3 is 14.8 Å². The highest BCUT2D eigenvalue weighted by Gasteiger charge is 2.31. The number of nitrogens with zero attached hydrogens (tertiary/aromatic N) is 2. The van der Waals surface area contributed by atoms with Crippen molar-refractivity contribution in [3.8, 4) is 5.75 Å². The van der Waals surface area contributed by atoms with Gasteiger partial charge in [-0.05, 0) is 54.8 Å². The van der Waals surface area contributed by atoms with Crippen molar-refractivity contribution in [1.82, 2.24) is 13.9 Å². The second kappa shape index (κ2) is 12.8. The molecule has 0 aromatic heterocycles. The molecule has 0 spiro atoms. The number of halogens is 1. The van der Waals surface area contributed by atoms with E-state index in [1.54, 1.807) is 36.4 Å². The largest absolute Gasteiger partial charge is 0.492 e. The molecule has 2 aliphatic heterocycles. The minimum atomic E-state index is -3.56. The molecule has 2 aromatic carbocycles. The van der Waals surface area contributed by atoms with Gasteiger partial charge in [-0.1, -0.05) is 23.7 Å². The summed E-state index contributed by atoms with van der Waals surface area (Å²) in [6.45, 7) is 2.50. The maximum Gasteiger partial charge on any atom is 0.243 e. The Hall–Kier alpha value is -2.22. The summed E-state index contributed by atoms with van der Waals surface area (Å²) < 4.78 is 64.6. The van der Waals surface area contributed by atoms with Gasteiger partial charge in [0.15, 0.2) is 0 Å². The van der Waals surface area contributed by atoms with Gasteiger partial charge in [0, 0.05) is 37.1 Å². The monoisotopic (exact) mass is 585 g/mol. The van der Waals surface area contributed by atoms with Crippen LogP contribution in [-0.4, -0.2) is 83.9 Å². The summed E-state index contributed by atoms with van der Waals surface area (Å²) in [6, 6.07) is 13.0. The normalized spacial score (nSPS) is 18.2. The third-order valence-corrected chi connectivity index (χ3v) is 10.6. The maximum absolute atomic E-state index is 12.8. The number of sulfonamides is 2. The van der Waals surface area contributed by atoms with Crippen molar-refractivity contribution in [2.45, 2.75) is 23.5 Å². The molecule has 0 saturated carbocycles. The molecular weight excluding hydrogens is 554 g/mol. The molecule has 0 unspecified atom stereocenters. The molecule has 0 atom stereocenters. The first kappa shape index (κ1) is 28.8. The molecule has 38 heavy (non-hydrogen) atoms. The maximum atomic E-state index is 12.8. The van der Waals surface area contributed by atoms with E-state index in [1.165, 1.54) is 20.7 Å². The molecule has 2 aliphatic rings. The SMILES string of the molecule is O=C(NCCOc1ccc(S(=O)(=O)N2CCOCC2)cc1)C1CCN(S(=O)(=O)Cc2cccc(Cl)c2)CC1. The van der Waals surface area contributed by atoms with Crippen LogP contribution in [0, 0.1) is 5.92 Å². The standard InChI is InChI=1S/C25H32ClN3O7S2/c26-22-3-1-2-20(18-22)19-37(31,32)28-11-8-21(9-12-28)25(30)27-10-15-36-23-4-6-24(7-5-23)38(33,34)29-13-16-35-17-14-29/h1-7,18,21H,8-17,19H2,(H,27,30). The fourth-order valence-electron chi connectivity index (χ4n) is 4.46. The molecule has 0 aliphatic carbocycles. The average Bonchev–Trinajstić information content (AvgIpc) is 2.91. The number of benzene rings is 2. The number of amides is 1. The molecule has 1 amide bonds. The van der Waals surface area contributed by atoms with Crippen LogP contribution in [0.5, 0.6) is 5.75 Å². The Morgan fingerprint density at radius 1 is 0.974 bits per heavy atom. The van der Waals surface area contributed by atoms with E-state index < -0.39 is 20.0 Å². The van der Waals surface area contributed by atoms with Gasteiger partial charge >= 0.3 is 0 Å². The quantitative estimate of drug-likeness (QED) is 0.424. The number of hydrogen-bond donors (Lipinski definition) is 1. The highest BCUT2D eigenvalue weighted by Crippen LogP contribution is 2.23. The summed E-state index contributed by atoms with van der Waals surface area (Å²) in [6.07, 6.45) is 0.890. The first-order valence-electron chi connectivity index (χ1n) is 12.5. The minimum Gasteiger partial charge on any atom is -0.492 e. The van der Waals surface area contributed by atoms with Gasteiger partial charge in [-0.25, -0.2) is 21.1 Å². The van der Waals surface area contributed by atoms with Crippen molar-refractivity contribution >= 4 is 37.6 Å². The van der Waals surface area contributed by atoms with Crippen molar-refractivity contribution in [2.24, 2.45) is 5.92 Å². The highest BCUT2D eigenvalue weighted by atomic mass is 35.5. The first-order valence-corrected chi connectivity index (χ1v) is 15.9. The van der Waals surface area contributed by atoms with E-state index in [9.17, 15) is 21.6 Å². The van der Waals surface area contributed by atoms with E-state index >= 15 is 0 Å². The number of rotatable bonds is 10. The lowest BCUT2D eigenvalue weighted by molar-refractivity contribution is -0.126. The molecule has 4 rings (SSSR count). The van der Waals surface area contributed by atoms with Gasteiger partial charge in [0.1, 0.15) is 12.4 Å². The molecule has 10 nitrogen and oxygen atoms in total. The van der Waals surface area contributed by atoms with E-state index in [1.807, 2.05) is 0 Å². The van der Waals surface area contributed by atoms with Gasteiger partial charge in [0.05, 0.1) is 30.4 Å². The lowest BCUT2D eigenvalue weighted by atomic mass is 9.97. The van der Waals surface area contributed by atoms with Gasteiger partial charge in [0.2, 0.25) is 26.0 Å². The average molecular weight is 586 g/mol. The second-order valence-corrected chi connectivity index (χ2v) is 13.5. The van der Waals surface area contributed by atoms with Crippen molar-refractivity contribution in [1.29, 1.82) is 0 Å². The summed E-state index contributed by atoms with van der Waals surface area (Å²) in [7, 11) is -7.06. The minimum absolute atomic E-state index is 0.123. The summed E-state index contributed by atoms with van der Waals surface area (Å²) in [4.78, 5) is 12.8. The molecule has 1 N–H and O–H groups in total. The Balaban J connectivity index is 1.18. The Bertz CT molecular complexity index is 1310. The lowest BCUT2D eigenvalue weighted by Gasteiger charge is -2.30. The first-order chi connectivity index (χ1) is 18.1. The predicted molar refractivity (Wildman–Crippen MR) is 143 cm³/mol. The van der Waals surface area contributed by atoms with Crippen LogP contribution in [0.3, 0.4) is 0 Å². The molecule has 2 heterocycles. The van der Waals surface area contributed by atoms with Gasteiger partial charge in [-0.2, -0.15) is 4.31 Å². The fourth-order valence-corrected chi connectivity index (χ4v) is 7.63. The Morgan fingerprint density at radius 2 is 1.66 bits per heavy atom. The summed E-state index contributed by atoms with van der Waals surface area (Å²) in [5, 5.41) is 3.33. The molecule has 2 fully saturated rings.